The summed E-state index contributed by atoms with van der Waals surface area (Å²) < 4.78 is 28.9. The molecule has 0 saturated carbocycles. The van der Waals surface area contributed by atoms with Crippen molar-refractivity contribution in [3.63, 3.8) is 0 Å². The van der Waals surface area contributed by atoms with E-state index in [-0.39, 0.29) is 11.9 Å². The minimum absolute atomic E-state index is 0.182. The number of hydrogen-bond donors (Lipinski definition) is 1. The van der Waals surface area contributed by atoms with Gasteiger partial charge in [0.25, 0.3) is 0 Å². The van der Waals surface area contributed by atoms with Gasteiger partial charge in [0.05, 0.1) is 6.54 Å². The van der Waals surface area contributed by atoms with Crippen molar-refractivity contribution >= 4 is 0 Å². The molecule has 2 nitrogen and oxygen atoms in total. The van der Waals surface area contributed by atoms with E-state index in [1.165, 1.54) is 12.1 Å². The van der Waals surface area contributed by atoms with Crippen LogP contribution in [0.25, 0.3) is 0 Å². The molecular formula is C16H20F2N2. The first-order valence-electron chi connectivity index (χ1n) is 6.94. The summed E-state index contributed by atoms with van der Waals surface area (Å²) in [4.78, 5) is 0. The summed E-state index contributed by atoms with van der Waals surface area (Å²) in [6.45, 7) is 5.45. The van der Waals surface area contributed by atoms with Gasteiger partial charge in [-0.3, -0.25) is 0 Å². The molecule has 0 aliphatic heterocycles. The predicted molar refractivity (Wildman–Crippen MR) is 76.6 cm³/mol. The Morgan fingerprint density at radius 1 is 1.25 bits per heavy atom. The van der Waals surface area contributed by atoms with Crippen molar-refractivity contribution in [3.05, 3.63) is 59.4 Å². The topological polar surface area (TPSA) is 17.0 Å². The molecule has 4 heteroatoms. The molecule has 0 bridgehead atoms. The fourth-order valence-corrected chi connectivity index (χ4v) is 2.28. The van der Waals surface area contributed by atoms with Crippen molar-refractivity contribution in [3.8, 4) is 0 Å². The van der Waals surface area contributed by atoms with Gasteiger partial charge in [0.15, 0.2) is 0 Å². The van der Waals surface area contributed by atoms with Gasteiger partial charge in [0.2, 0.25) is 0 Å². The van der Waals surface area contributed by atoms with Crippen LogP contribution in [-0.2, 0) is 6.54 Å². The lowest BCUT2D eigenvalue weighted by Crippen LogP contribution is -2.22. The maximum Gasteiger partial charge on any atom is 0.128 e. The molecule has 1 heterocycles. The van der Waals surface area contributed by atoms with Crippen LogP contribution in [0.5, 0.6) is 0 Å². The molecule has 1 atom stereocenters. The minimum Gasteiger partial charge on any atom is -0.345 e. The average molecular weight is 278 g/mol. The minimum atomic E-state index is -0.410. The number of nitrogens with one attached hydrogen (secondary N) is 1. The average Bonchev–Trinajstić information content (AvgIpc) is 2.88. The Bertz CT molecular complexity index is 563. The van der Waals surface area contributed by atoms with Crippen molar-refractivity contribution in [2.24, 2.45) is 0 Å². The lowest BCUT2D eigenvalue weighted by Gasteiger charge is -2.17. The number of aromatic nitrogens is 1. The molecule has 2 aromatic rings. The van der Waals surface area contributed by atoms with Crippen LogP contribution in [0.3, 0.4) is 0 Å². The summed E-state index contributed by atoms with van der Waals surface area (Å²) in [6, 6.07) is 7.68. The smallest absolute Gasteiger partial charge is 0.128 e. The fraction of sp³-hybridized carbons (Fsp3) is 0.375. The Kier molecular flexibility index (Phi) is 4.90. The van der Waals surface area contributed by atoms with Gasteiger partial charge < -0.3 is 9.88 Å². The maximum absolute atomic E-state index is 13.7. The first-order chi connectivity index (χ1) is 9.61. The van der Waals surface area contributed by atoms with Gasteiger partial charge >= 0.3 is 0 Å². The fourth-order valence-electron chi connectivity index (χ4n) is 2.28. The molecule has 108 valence electrons. The van der Waals surface area contributed by atoms with E-state index in [1.54, 1.807) is 0 Å². The second-order valence-electron chi connectivity index (χ2n) is 4.97. The van der Waals surface area contributed by atoms with E-state index in [0.717, 1.165) is 24.7 Å². The van der Waals surface area contributed by atoms with E-state index in [4.69, 9.17) is 0 Å². The zero-order valence-corrected chi connectivity index (χ0v) is 11.9. The van der Waals surface area contributed by atoms with Crippen LogP contribution in [0.4, 0.5) is 8.78 Å². The SMILES string of the molecule is CCCNC(C)c1cccn1Cc1cc(F)ccc1F. The first-order valence-corrected chi connectivity index (χ1v) is 6.94. The van der Waals surface area contributed by atoms with Crippen molar-refractivity contribution in [2.45, 2.75) is 32.9 Å². The zero-order chi connectivity index (χ0) is 14.5. The van der Waals surface area contributed by atoms with E-state index in [0.29, 0.717) is 12.1 Å². The van der Waals surface area contributed by atoms with Crippen LogP contribution in [0.2, 0.25) is 0 Å². The molecule has 1 aromatic heterocycles. The van der Waals surface area contributed by atoms with Gasteiger partial charge in [-0.2, -0.15) is 0 Å². The Labute approximate surface area is 118 Å². The monoisotopic (exact) mass is 278 g/mol. The molecule has 0 fully saturated rings. The third kappa shape index (κ3) is 3.45. The molecule has 1 N–H and O–H groups in total. The van der Waals surface area contributed by atoms with Gasteiger partial charge in [-0.1, -0.05) is 6.92 Å². The normalized spacial score (nSPS) is 12.6. The highest BCUT2D eigenvalue weighted by Gasteiger charge is 2.11. The molecule has 0 aliphatic rings. The second-order valence-corrected chi connectivity index (χ2v) is 4.97. The van der Waals surface area contributed by atoms with Crippen LogP contribution in [0.15, 0.2) is 36.5 Å². The quantitative estimate of drug-likeness (QED) is 0.848. The summed E-state index contributed by atoms with van der Waals surface area (Å²) >= 11 is 0. The van der Waals surface area contributed by atoms with Gasteiger partial charge in [-0.05, 0) is 50.2 Å². The van der Waals surface area contributed by atoms with Crippen LogP contribution in [0, 0.1) is 11.6 Å². The summed E-state index contributed by atoms with van der Waals surface area (Å²) in [5.74, 6) is -0.785. The van der Waals surface area contributed by atoms with E-state index in [9.17, 15) is 8.78 Å². The lowest BCUT2D eigenvalue weighted by atomic mass is 10.2. The summed E-state index contributed by atoms with van der Waals surface area (Å²) in [7, 11) is 0. The van der Waals surface area contributed by atoms with Crippen molar-refractivity contribution in [2.75, 3.05) is 6.54 Å². The number of rotatable bonds is 6. The summed E-state index contributed by atoms with van der Waals surface area (Å²) in [5.41, 5.74) is 1.44. The molecule has 0 saturated heterocycles. The van der Waals surface area contributed by atoms with E-state index in [1.807, 2.05) is 22.9 Å². The van der Waals surface area contributed by atoms with E-state index in [2.05, 4.69) is 19.2 Å². The van der Waals surface area contributed by atoms with Crippen LogP contribution in [-0.4, -0.2) is 11.1 Å². The highest BCUT2D eigenvalue weighted by molar-refractivity contribution is 5.21. The van der Waals surface area contributed by atoms with E-state index >= 15 is 0 Å². The Balaban J connectivity index is 2.18. The first kappa shape index (κ1) is 14.7. The molecule has 0 radical (unpaired) electrons. The zero-order valence-electron chi connectivity index (χ0n) is 11.9. The molecule has 1 unspecified atom stereocenters. The number of halogens is 2. The van der Waals surface area contributed by atoms with Crippen LogP contribution >= 0.6 is 0 Å². The third-order valence-electron chi connectivity index (χ3n) is 3.36. The molecule has 0 aliphatic carbocycles. The Morgan fingerprint density at radius 3 is 2.80 bits per heavy atom. The molecular weight excluding hydrogens is 258 g/mol. The number of nitrogens with zero attached hydrogens (tertiary/aromatic N) is 1. The number of benzene rings is 1. The van der Waals surface area contributed by atoms with Gasteiger partial charge in [-0.25, -0.2) is 8.78 Å². The summed E-state index contributed by atoms with van der Waals surface area (Å²) in [5, 5.41) is 3.40. The van der Waals surface area contributed by atoms with Crippen molar-refractivity contribution < 1.29 is 8.78 Å². The predicted octanol–water partition coefficient (Wildman–Crippen LogP) is 3.88. The summed E-state index contributed by atoms with van der Waals surface area (Å²) in [6.07, 6.45) is 2.95. The van der Waals surface area contributed by atoms with Gasteiger partial charge in [-0.15, -0.1) is 0 Å². The van der Waals surface area contributed by atoms with Crippen LogP contribution < -0.4 is 5.32 Å². The van der Waals surface area contributed by atoms with Crippen molar-refractivity contribution in [1.29, 1.82) is 0 Å². The largest absolute Gasteiger partial charge is 0.345 e. The van der Waals surface area contributed by atoms with Crippen LogP contribution in [0.1, 0.15) is 37.6 Å². The molecule has 0 amide bonds. The second kappa shape index (κ2) is 6.66. The molecule has 20 heavy (non-hydrogen) atoms. The lowest BCUT2D eigenvalue weighted by molar-refractivity contribution is 0.526. The van der Waals surface area contributed by atoms with Gasteiger partial charge in [0, 0.05) is 23.5 Å². The van der Waals surface area contributed by atoms with E-state index < -0.39 is 5.82 Å². The maximum atomic E-state index is 13.7. The highest BCUT2D eigenvalue weighted by atomic mass is 19.1. The standard InChI is InChI=1S/C16H20F2N2/c1-3-8-19-12(2)16-5-4-9-20(16)11-13-10-14(17)6-7-15(13)18/h4-7,9-10,12,19H,3,8,11H2,1-2H3. The Morgan fingerprint density at radius 2 is 2.05 bits per heavy atom. The Hall–Kier alpha value is -1.68. The molecule has 2 rings (SSSR count). The van der Waals surface area contributed by atoms with Crippen molar-refractivity contribution in [1.82, 2.24) is 9.88 Å². The third-order valence-corrected chi connectivity index (χ3v) is 3.36. The highest BCUT2D eigenvalue weighted by Crippen LogP contribution is 2.17. The molecule has 1 aromatic carbocycles. The number of hydrogen-bond acceptors (Lipinski definition) is 1. The van der Waals surface area contributed by atoms with Gasteiger partial charge in [0.1, 0.15) is 11.6 Å². The molecule has 0 spiro atoms.